The van der Waals surface area contributed by atoms with Gasteiger partial charge >= 0.3 is 0 Å². The van der Waals surface area contributed by atoms with Gasteiger partial charge in [0.15, 0.2) is 0 Å². The summed E-state index contributed by atoms with van der Waals surface area (Å²) in [6.07, 6.45) is 2.71. The zero-order chi connectivity index (χ0) is 8.81. The first-order valence-corrected chi connectivity index (χ1v) is 7.31. The Morgan fingerprint density at radius 3 is 3.08 bits per heavy atom. The van der Waals surface area contributed by atoms with Gasteiger partial charge in [-0.3, -0.25) is 4.79 Å². The van der Waals surface area contributed by atoms with Crippen molar-refractivity contribution in [3.8, 4) is 0 Å². The highest BCUT2D eigenvalue weighted by atomic mass is 127. The molecular formula is C7H12INO2S. The molecule has 0 N–H and O–H groups in total. The second-order valence-corrected chi connectivity index (χ2v) is 4.16. The molecule has 0 aromatic rings. The van der Waals surface area contributed by atoms with E-state index in [1.54, 1.807) is 0 Å². The molecule has 0 aliphatic carbocycles. The molecule has 0 unspecified atom stereocenters. The molecule has 0 bridgehead atoms. The summed E-state index contributed by atoms with van der Waals surface area (Å²) < 4.78 is 5.09. The Morgan fingerprint density at radius 1 is 1.67 bits per heavy atom. The van der Waals surface area contributed by atoms with Gasteiger partial charge in [-0.05, 0) is 12.8 Å². The number of rotatable bonds is 5. The molecule has 12 heavy (non-hydrogen) atoms. The maximum absolute atomic E-state index is 11.1. The topological polar surface area (TPSA) is 29.5 Å². The van der Waals surface area contributed by atoms with Gasteiger partial charge in [0, 0.05) is 40.7 Å². The Labute approximate surface area is 89.0 Å². The summed E-state index contributed by atoms with van der Waals surface area (Å²) in [5, 5.41) is 0. The number of halogens is 1. The number of carbonyl (C=O) groups excluding carboxylic acids is 1. The van der Waals surface area contributed by atoms with Crippen molar-refractivity contribution in [3.63, 3.8) is 0 Å². The minimum Gasteiger partial charge on any atom is -0.343 e. The lowest BCUT2D eigenvalue weighted by atomic mass is 10.4. The van der Waals surface area contributed by atoms with Gasteiger partial charge in [0.2, 0.25) is 5.91 Å². The smallest absolute Gasteiger partial charge is 0.222 e. The molecule has 0 aromatic carbocycles. The van der Waals surface area contributed by atoms with Crippen LogP contribution in [0.1, 0.15) is 19.3 Å². The molecule has 0 atom stereocenters. The van der Waals surface area contributed by atoms with Crippen LogP contribution in [0, 0.1) is 0 Å². The molecule has 0 spiro atoms. The van der Waals surface area contributed by atoms with Crippen LogP contribution < -0.4 is 0 Å². The van der Waals surface area contributed by atoms with Crippen molar-refractivity contribution in [1.82, 2.24) is 4.90 Å². The van der Waals surface area contributed by atoms with Crippen LogP contribution in [0.3, 0.4) is 0 Å². The van der Waals surface area contributed by atoms with Gasteiger partial charge in [0.25, 0.3) is 0 Å². The van der Waals surface area contributed by atoms with Crippen molar-refractivity contribution in [2.75, 3.05) is 19.7 Å². The molecule has 0 saturated carbocycles. The minimum atomic E-state index is 0.303. The van der Waals surface area contributed by atoms with Crippen LogP contribution in [-0.4, -0.2) is 30.5 Å². The van der Waals surface area contributed by atoms with Crippen LogP contribution in [0.15, 0.2) is 0 Å². The molecule has 70 valence electrons. The number of likely N-dealkylation sites (tertiary alicyclic amines) is 1. The monoisotopic (exact) mass is 301 g/mol. The highest BCUT2D eigenvalue weighted by molar-refractivity contribution is 14.2. The van der Waals surface area contributed by atoms with E-state index in [1.807, 2.05) is 4.90 Å². The third-order valence-corrected chi connectivity index (χ3v) is 2.89. The average Bonchev–Trinajstić information content (AvgIpc) is 2.46. The number of hydrogen-bond acceptors (Lipinski definition) is 3. The first-order valence-electron chi connectivity index (χ1n) is 4.02. The molecule has 3 nitrogen and oxygen atoms in total. The van der Waals surface area contributed by atoms with E-state index in [0.29, 0.717) is 5.91 Å². The van der Waals surface area contributed by atoms with E-state index in [1.165, 1.54) is 9.21 Å². The maximum Gasteiger partial charge on any atom is 0.222 e. The Hall–Kier alpha value is 0.510. The van der Waals surface area contributed by atoms with Crippen LogP contribution in [0.5, 0.6) is 0 Å². The largest absolute Gasteiger partial charge is 0.343 e. The van der Waals surface area contributed by atoms with Crippen LogP contribution >= 0.6 is 30.4 Å². The van der Waals surface area contributed by atoms with Gasteiger partial charge in [0.1, 0.15) is 0 Å². The lowest BCUT2D eigenvalue weighted by molar-refractivity contribution is -0.127. The van der Waals surface area contributed by atoms with Crippen molar-refractivity contribution in [2.24, 2.45) is 0 Å². The van der Waals surface area contributed by atoms with E-state index in [-0.39, 0.29) is 0 Å². The van der Waals surface area contributed by atoms with Gasteiger partial charge in [-0.15, -0.1) is 0 Å². The van der Waals surface area contributed by atoms with Crippen molar-refractivity contribution < 1.29 is 8.98 Å². The third kappa shape index (κ3) is 3.49. The summed E-state index contributed by atoms with van der Waals surface area (Å²) >= 11 is 2.09. The second kappa shape index (κ2) is 6.04. The Kier molecular flexibility index (Phi) is 5.33. The first-order chi connectivity index (χ1) is 5.84. The lowest BCUT2D eigenvalue weighted by Crippen LogP contribution is -2.26. The van der Waals surface area contributed by atoms with E-state index >= 15 is 0 Å². The van der Waals surface area contributed by atoms with Crippen molar-refractivity contribution in [3.05, 3.63) is 0 Å². The normalized spacial score (nSPS) is 17.4. The second-order valence-electron chi connectivity index (χ2n) is 2.72. The summed E-state index contributed by atoms with van der Waals surface area (Å²) in [6.45, 7) is 2.53. The predicted octanol–water partition coefficient (Wildman–Crippen LogP) is 2.01. The lowest BCUT2D eigenvalue weighted by Gasteiger charge is -2.14. The fraction of sp³-hybridized carbons (Fsp3) is 0.857. The summed E-state index contributed by atoms with van der Waals surface area (Å²) in [4.78, 5) is 13.0. The van der Waals surface area contributed by atoms with Gasteiger partial charge in [-0.1, -0.05) is 0 Å². The zero-order valence-corrected chi connectivity index (χ0v) is 9.77. The maximum atomic E-state index is 11.1. The molecule has 1 aliphatic rings. The molecule has 5 heteroatoms. The summed E-state index contributed by atoms with van der Waals surface area (Å²) in [7, 11) is 1.35. The van der Waals surface area contributed by atoms with Gasteiger partial charge in [-0.2, -0.15) is 0 Å². The molecule has 1 amide bonds. The van der Waals surface area contributed by atoms with E-state index in [9.17, 15) is 4.79 Å². The fourth-order valence-electron chi connectivity index (χ4n) is 1.29. The standard InChI is InChI=1S/C7H12INO2S/c8-12-11-6-2-5-9-4-1-3-7(9)10/h1-6H2. The van der Waals surface area contributed by atoms with E-state index < -0.39 is 0 Å². The number of nitrogens with zero attached hydrogens (tertiary/aromatic N) is 1. The molecule has 1 aliphatic heterocycles. The Bertz CT molecular complexity index is 156. The van der Waals surface area contributed by atoms with Crippen molar-refractivity contribution >= 4 is 36.3 Å². The van der Waals surface area contributed by atoms with E-state index in [2.05, 4.69) is 21.2 Å². The highest BCUT2D eigenvalue weighted by Gasteiger charge is 2.18. The first kappa shape index (κ1) is 10.6. The highest BCUT2D eigenvalue weighted by Crippen LogP contribution is 2.13. The molecule has 1 rings (SSSR count). The summed E-state index contributed by atoms with van der Waals surface area (Å²) in [5.41, 5.74) is 0. The Balaban J connectivity index is 2.02. The number of carbonyl (C=O) groups is 1. The van der Waals surface area contributed by atoms with Crippen LogP contribution in [0.4, 0.5) is 0 Å². The van der Waals surface area contributed by atoms with Crippen LogP contribution in [0.25, 0.3) is 0 Å². The Morgan fingerprint density at radius 2 is 2.50 bits per heavy atom. The van der Waals surface area contributed by atoms with E-state index in [0.717, 1.165) is 39.0 Å². The quantitative estimate of drug-likeness (QED) is 0.442. The molecule has 0 aromatic heterocycles. The predicted molar refractivity (Wildman–Crippen MR) is 58.0 cm³/mol. The number of hydrogen-bond donors (Lipinski definition) is 0. The molecule has 0 radical (unpaired) electrons. The van der Waals surface area contributed by atoms with Crippen molar-refractivity contribution in [2.45, 2.75) is 19.3 Å². The van der Waals surface area contributed by atoms with E-state index in [4.69, 9.17) is 4.18 Å². The third-order valence-electron chi connectivity index (χ3n) is 1.87. The van der Waals surface area contributed by atoms with Gasteiger partial charge in [-0.25, -0.2) is 0 Å². The average molecular weight is 301 g/mol. The molecule has 1 fully saturated rings. The van der Waals surface area contributed by atoms with Crippen LogP contribution in [-0.2, 0) is 8.98 Å². The minimum absolute atomic E-state index is 0.303. The SMILES string of the molecule is O=C1CCCN1CCCOSI. The summed E-state index contributed by atoms with van der Waals surface area (Å²) in [6, 6.07) is 0. The molecule has 1 heterocycles. The summed E-state index contributed by atoms with van der Waals surface area (Å²) in [5.74, 6) is 0.303. The fourth-order valence-corrected chi connectivity index (χ4v) is 2.01. The molecule has 1 saturated heterocycles. The zero-order valence-electron chi connectivity index (χ0n) is 6.79. The van der Waals surface area contributed by atoms with Crippen LogP contribution in [0.2, 0.25) is 0 Å². The van der Waals surface area contributed by atoms with Gasteiger partial charge in [0.05, 0.1) is 15.8 Å². The van der Waals surface area contributed by atoms with Gasteiger partial charge < -0.3 is 9.08 Å². The number of amides is 1. The van der Waals surface area contributed by atoms with Crippen molar-refractivity contribution in [1.29, 1.82) is 0 Å². The molecular weight excluding hydrogens is 289 g/mol.